The van der Waals surface area contributed by atoms with Crippen LogP contribution in [0.3, 0.4) is 0 Å². The summed E-state index contributed by atoms with van der Waals surface area (Å²) >= 11 is 2.21. The Morgan fingerprint density at radius 1 is 1.14 bits per heavy atom. The first-order valence-electron chi connectivity index (χ1n) is 6.82. The zero-order valence-corrected chi connectivity index (χ0v) is 14.0. The number of halogens is 3. The maximum atomic E-state index is 13.4. The van der Waals surface area contributed by atoms with Crippen molar-refractivity contribution in [3.05, 3.63) is 39.1 Å². The lowest BCUT2D eigenvalue weighted by molar-refractivity contribution is 0.509. The molecule has 0 atom stereocenters. The standard InChI is InChI=1S/C15H16F2IN3/c1-3-7-19-15-13(18)12(4-2)20-14(21-15)9-5-6-10(16)11(17)8-9/h5-6,8H,3-4,7H2,1-2H3,(H,19,20,21). The molecule has 0 unspecified atom stereocenters. The molecule has 0 saturated carbocycles. The summed E-state index contributed by atoms with van der Waals surface area (Å²) in [6.45, 7) is 4.87. The Morgan fingerprint density at radius 2 is 1.90 bits per heavy atom. The number of hydrogen-bond acceptors (Lipinski definition) is 3. The van der Waals surface area contributed by atoms with Crippen molar-refractivity contribution < 1.29 is 8.78 Å². The number of aryl methyl sites for hydroxylation is 1. The number of aromatic nitrogens is 2. The van der Waals surface area contributed by atoms with E-state index >= 15 is 0 Å². The average molecular weight is 403 g/mol. The zero-order chi connectivity index (χ0) is 15.4. The lowest BCUT2D eigenvalue weighted by Crippen LogP contribution is -2.09. The third-order valence-electron chi connectivity index (χ3n) is 2.97. The second-order valence-electron chi connectivity index (χ2n) is 4.57. The smallest absolute Gasteiger partial charge is 0.161 e. The molecule has 1 heterocycles. The predicted molar refractivity (Wildman–Crippen MR) is 88.3 cm³/mol. The van der Waals surface area contributed by atoms with E-state index in [-0.39, 0.29) is 0 Å². The molecule has 3 nitrogen and oxygen atoms in total. The lowest BCUT2D eigenvalue weighted by Gasteiger charge is -2.12. The quantitative estimate of drug-likeness (QED) is 0.752. The average Bonchev–Trinajstić information content (AvgIpc) is 2.49. The van der Waals surface area contributed by atoms with Crippen LogP contribution in [0, 0.1) is 15.2 Å². The van der Waals surface area contributed by atoms with Gasteiger partial charge in [0, 0.05) is 12.1 Å². The van der Waals surface area contributed by atoms with Crippen LogP contribution < -0.4 is 5.32 Å². The molecule has 0 aliphatic rings. The molecule has 0 aliphatic carbocycles. The molecule has 1 aromatic carbocycles. The minimum Gasteiger partial charge on any atom is -0.369 e. The van der Waals surface area contributed by atoms with Gasteiger partial charge in [0.1, 0.15) is 5.82 Å². The van der Waals surface area contributed by atoms with E-state index in [2.05, 4.69) is 44.8 Å². The Balaban J connectivity index is 2.49. The maximum Gasteiger partial charge on any atom is 0.161 e. The fourth-order valence-electron chi connectivity index (χ4n) is 1.85. The SMILES string of the molecule is CCCNc1nc(-c2ccc(F)c(F)c2)nc(CC)c1I. The molecule has 1 N–H and O–H groups in total. The molecular formula is C15H16F2IN3. The van der Waals surface area contributed by atoms with Gasteiger partial charge >= 0.3 is 0 Å². The number of rotatable bonds is 5. The van der Waals surface area contributed by atoms with Gasteiger partial charge < -0.3 is 5.32 Å². The Morgan fingerprint density at radius 3 is 2.52 bits per heavy atom. The lowest BCUT2D eigenvalue weighted by atomic mass is 10.2. The van der Waals surface area contributed by atoms with Crippen LogP contribution in [0.25, 0.3) is 11.4 Å². The van der Waals surface area contributed by atoms with Crippen LogP contribution in [0.15, 0.2) is 18.2 Å². The molecule has 0 radical (unpaired) electrons. The highest BCUT2D eigenvalue weighted by Gasteiger charge is 2.13. The first-order valence-corrected chi connectivity index (χ1v) is 7.90. The van der Waals surface area contributed by atoms with E-state index in [1.165, 1.54) is 6.07 Å². The minimum atomic E-state index is -0.893. The van der Waals surface area contributed by atoms with Crippen LogP contribution in [-0.2, 0) is 6.42 Å². The topological polar surface area (TPSA) is 37.8 Å². The van der Waals surface area contributed by atoms with Crippen molar-refractivity contribution in [1.82, 2.24) is 9.97 Å². The van der Waals surface area contributed by atoms with Crippen molar-refractivity contribution in [3.63, 3.8) is 0 Å². The van der Waals surface area contributed by atoms with Crippen LogP contribution in [0.2, 0.25) is 0 Å². The summed E-state index contributed by atoms with van der Waals surface area (Å²) in [6, 6.07) is 3.71. The normalized spacial score (nSPS) is 10.7. The second-order valence-corrected chi connectivity index (χ2v) is 5.64. The first kappa shape index (κ1) is 16.1. The fraction of sp³-hybridized carbons (Fsp3) is 0.333. The van der Waals surface area contributed by atoms with Gasteiger partial charge in [0.25, 0.3) is 0 Å². The Labute approximate surface area is 136 Å². The Hall–Kier alpha value is -1.31. The van der Waals surface area contributed by atoms with Crippen molar-refractivity contribution in [2.24, 2.45) is 0 Å². The van der Waals surface area contributed by atoms with Gasteiger partial charge in [0.05, 0.1) is 9.26 Å². The number of nitrogens with one attached hydrogen (secondary N) is 1. The van der Waals surface area contributed by atoms with Crippen molar-refractivity contribution in [1.29, 1.82) is 0 Å². The van der Waals surface area contributed by atoms with Crippen LogP contribution in [-0.4, -0.2) is 16.5 Å². The zero-order valence-electron chi connectivity index (χ0n) is 11.9. The molecule has 21 heavy (non-hydrogen) atoms. The van der Waals surface area contributed by atoms with E-state index < -0.39 is 11.6 Å². The van der Waals surface area contributed by atoms with Crippen molar-refractivity contribution in [2.45, 2.75) is 26.7 Å². The molecule has 0 amide bonds. The number of benzene rings is 1. The predicted octanol–water partition coefficient (Wildman–Crippen LogP) is 4.41. The number of nitrogens with zero attached hydrogens (tertiary/aromatic N) is 2. The van der Waals surface area contributed by atoms with Crippen molar-refractivity contribution in [3.8, 4) is 11.4 Å². The monoisotopic (exact) mass is 403 g/mol. The molecule has 0 bridgehead atoms. The third kappa shape index (κ3) is 3.66. The summed E-state index contributed by atoms with van der Waals surface area (Å²) < 4.78 is 27.4. The van der Waals surface area contributed by atoms with Gasteiger partial charge in [-0.1, -0.05) is 13.8 Å². The fourth-order valence-corrected chi connectivity index (χ4v) is 2.67. The summed E-state index contributed by atoms with van der Waals surface area (Å²) in [7, 11) is 0. The third-order valence-corrected chi connectivity index (χ3v) is 4.11. The Kier molecular flexibility index (Phi) is 5.44. The molecule has 0 aliphatic heterocycles. The molecule has 0 spiro atoms. The van der Waals surface area contributed by atoms with Crippen LogP contribution >= 0.6 is 22.6 Å². The summed E-state index contributed by atoms with van der Waals surface area (Å²) in [4.78, 5) is 8.89. The molecule has 2 rings (SSSR count). The highest BCUT2D eigenvalue weighted by Crippen LogP contribution is 2.25. The largest absolute Gasteiger partial charge is 0.369 e. The summed E-state index contributed by atoms with van der Waals surface area (Å²) in [5.41, 5.74) is 1.36. The minimum absolute atomic E-state index is 0.407. The van der Waals surface area contributed by atoms with E-state index in [4.69, 9.17) is 0 Å². The van der Waals surface area contributed by atoms with Gasteiger partial charge in [-0.25, -0.2) is 18.7 Å². The van der Waals surface area contributed by atoms with E-state index in [9.17, 15) is 8.78 Å². The molecule has 6 heteroatoms. The number of hydrogen-bond donors (Lipinski definition) is 1. The molecule has 0 fully saturated rings. The number of anilines is 1. The molecule has 0 saturated heterocycles. The van der Waals surface area contributed by atoms with Gasteiger partial charge in [-0.15, -0.1) is 0 Å². The van der Waals surface area contributed by atoms with E-state index in [1.54, 1.807) is 0 Å². The van der Waals surface area contributed by atoms with Crippen LogP contribution in [0.5, 0.6) is 0 Å². The van der Waals surface area contributed by atoms with Crippen molar-refractivity contribution >= 4 is 28.4 Å². The van der Waals surface area contributed by atoms with Crippen LogP contribution in [0.4, 0.5) is 14.6 Å². The molecule has 112 valence electrons. The van der Waals surface area contributed by atoms with E-state index in [0.717, 1.165) is 46.6 Å². The van der Waals surface area contributed by atoms with Crippen LogP contribution in [0.1, 0.15) is 26.0 Å². The van der Waals surface area contributed by atoms with Gasteiger partial charge in [0.15, 0.2) is 17.5 Å². The van der Waals surface area contributed by atoms with Crippen molar-refractivity contribution in [2.75, 3.05) is 11.9 Å². The molecule has 2 aromatic rings. The highest BCUT2D eigenvalue weighted by atomic mass is 127. The maximum absolute atomic E-state index is 13.4. The first-order chi connectivity index (χ1) is 10.1. The van der Waals surface area contributed by atoms with E-state index in [0.29, 0.717) is 11.4 Å². The molecule has 1 aromatic heterocycles. The van der Waals surface area contributed by atoms with Gasteiger partial charge in [-0.2, -0.15) is 0 Å². The summed E-state index contributed by atoms with van der Waals surface area (Å²) in [5.74, 6) is -0.617. The Bertz CT molecular complexity index is 647. The summed E-state index contributed by atoms with van der Waals surface area (Å²) in [5, 5.41) is 3.25. The second kappa shape index (κ2) is 7.11. The van der Waals surface area contributed by atoms with E-state index in [1.807, 2.05) is 6.92 Å². The molecular weight excluding hydrogens is 387 g/mol. The van der Waals surface area contributed by atoms with Gasteiger partial charge in [-0.05, 0) is 53.6 Å². The van der Waals surface area contributed by atoms with Gasteiger partial charge in [-0.3, -0.25) is 0 Å². The highest BCUT2D eigenvalue weighted by molar-refractivity contribution is 14.1. The summed E-state index contributed by atoms with van der Waals surface area (Å²) in [6.07, 6.45) is 1.72. The van der Waals surface area contributed by atoms with Gasteiger partial charge in [0.2, 0.25) is 0 Å².